The van der Waals surface area contributed by atoms with Gasteiger partial charge in [-0.05, 0) is 12.1 Å². The summed E-state index contributed by atoms with van der Waals surface area (Å²) in [5.74, 6) is 0. The zero-order chi connectivity index (χ0) is 15.4. The van der Waals surface area contributed by atoms with Crippen molar-refractivity contribution in [2.45, 2.75) is 12.7 Å². The van der Waals surface area contributed by atoms with E-state index in [4.69, 9.17) is 16.7 Å². The van der Waals surface area contributed by atoms with Crippen LogP contribution in [0.5, 0.6) is 0 Å². The Hall–Kier alpha value is -1.80. The molecule has 1 atom stereocenters. The van der Waals surface area contributed by atoms with Crippen molar-refractivity contribution in [3.05, 3.63) is 29.7 Å². The molecular formula is C12H12ClF3N4O. The molecule has 9 heteroatoms. The van der Waals surface area contributed by atoms with Gasteiger partial charge in [0.05, 0.1) is 12.3 Å². The summed E-state index contributed by atoms with van der Waals surface area (Å²) in [7, 11) is 0. The van der Waals surface area contributed by atoms with Crippen LogP contribution in [-0.2, 0) is 0 Å². The summed E-state index contributed by atoms with van der Waals surface area (Å²) in [5, 5.41) is 15.3. The third-order valence-corrected chi connectivity index (χ3v) is 2.87. The lowest BCUT2D eigenvalue weighted by molar-refractivity contribution is 0.0568. The first kappa shape index (κ1) is 15.6. The zero-order valence-electron chi connectivity index (χ0n) is 10.7. The fraction of sp³-hybridized carbons (Fsp3) is 0.333. The van der Waals surface area contributed by atoms with Crippen molar-refractivity contribution in [1.29, 1.82) is 0 Å². The number of aromatic nitrogens is 3. The molecule has 0 saturated heterocycles. The summed E-state index contributed by atoms with van der Waals surface area (Å²) in [5.41, 5.74) is 1.05. The molecule has 0 amide bonds. The number of aliphatic hydroxyl groups excluding tert-OH is 1. The van der Waals surface area contributed by atoms with E-state index in [1.54, 1.807) is 0 Å². The summed E-state index contributed by atoms with van der Waals surface area (Å²) in [6.07, 6.45) is 1.03. The van der Waals surface area contributed by atoms with E-state index < -0.39 is 19.3 Å². The van der Waals surface area contributed by atoms with Crippen LogP contribution in [0, 0.1) is 0 Å². The van der Waals surface area contributed by atoms with E-state index in [9.17, 15) is 13.2 Å². The Morgan fingerprint density at radius 1 is 1.38 bits per heavy atom. The average Bonchev–Trinajstić information content (AvgIpc) is 2.94. The highest BCUT2D eigenvalue weighted by Gasteiger charge is 2.14. The number of hydrogen-bond acceptors (Lipinski definition) is 4. The number of alkyl halides is 3. The van der Waals surface area contributed by atoms with Crippen molar-refractivity contribution in [2.24, 2.45) is 0 Å². The Bertz CT molecular complexity index is 608. The normalized spacial score (nSPS) is 12.7. The van der Waals surface area contributed by atoms with Crippen molar-refractivity contribution < 1.29 is 18.3 Å². The molecule has 0 aromatic carbocycles. The van der Waals surface area contributed by atoms with E-state index in [1.807, 2.05) is 0 Å². The van der Waals surface area contributed by atoms with Crippen LogP contribution in [0.15, 0.2) is 24.5 Å². The SMILES string of the molecule is OC[C@H](F)CNc1cc(Cl)ncc1-c1ccn(C(F)F)n1. The highest BCUT2D eigenvalue weighted by atomic mass is 35.5. The van der Waals surface area contributed by atoms with Crippen LogP contribution >= 0.6 is 11.6 Å². The summed E-state index contributed by atoms with van der Waals surface area (Å²) in [4.78, 5) is 3.86. The van der Waals surface area contributed by atoms with E-state index in [2.05, 4.69) is 15.4 Å². The van der Waals surface area contributed by atoms with Crippen molar-refractivity contribution in [1.82, 2.24) is 14.8 Å². The quantitative estimate of drug-likeness (QED) is 0.803. The number of aliphatic hydroxyl groups is 1. The van der Waals surface area contributed by atoms with Gasteiger partial charge in [0.15, 0.2) is 0 Å². The van der Waals surface area contributed by atoms with Crippen LogP contribution in [0.4, 0.5) is 18.9 Å². The van der Waals surface area contributed by atoms with Crippen LogP contribution in [0.3, 0.4) is 0 Å². The van der Waals surface area contributed by atoms with Crippen LogP contribution in [0.25, 0.3) is 11.3 Å². The molecule has 0 bridgehead atoms. The standard InChI is InChI=1S/C12H12ClF3N4O/c13-11-3-10(17-4-7(14)6-21)8(5-18-11)9-1-2-20(19-9)12(15)16/h1-3,5,7,12,21H,4,6H2,(H,17,18)/t7-/m1/s1. The summed E-state index contributed by atoms with van der Waals surface area (Å²) < 4.78 is 38.6. The highest BCUT2D eigenvalue weighted by Crippen LogP contribution is 2.28. The number of hydrogen-bond donors (Lipinski definition) is 2. The van der Waals surface area contributed by atoms with Gasteiger partial charge in [-0.1, -0.05) is 11.6 Å². The first-order valence-electron chi connectivity index (χ1n) is 5.99. The molecule has 21 heavy (non-hydrogen) atoms. The first-order chi connectivity index (χ1) is 10.0. The van der Waals surface area contributed by atoms with E-state index in [-0.39, 0.29) is 17.4 Å². The topological polar surface area (TPSA) is 63.0 Å². The zero-order valence-corrected chi connectivity index (χ0v) is 11.4. The van der Waals surface area contributed by atoms with E-state index in [1.165, 1.54) is 18.3 Å². The van der Waals surface area contributed by atoms with Crippen molar-refractivity contribution in [3.8, 4) is 11.3 Å². The van der Waals surface area contributed by atoms with Gasteiger partial charge in [0, 0.05) is 30.2 Å². The maximum Gasteiger partial charge on any atom is 0.333 e. The molecule has 2 heterocycles. The van der Waals surface area contributed by atoms with Gasteiger partial charge < -0.3 is 10.4 Å². The van der Waals surface area contributed by atoms with Crippen LogP contribution < -0.4 is 5.32 Å². The Kier molecular flexibility index (Phi) is 5.03. The van der Waals surface area contributed by atoms with Crippen molar-refractivity contribution in [3.63, 3.8) is 0 Å². The minimum absolute atomic E-state index is 0.153. The number of pyridine rings is 1. The molecule has 2 N–H and O–H groups in total. The highest BCUT2D eigenvalue weighted by molar-refractivity contribution is 6.29. The number of rotatable bonds is 6. The predicted molar refractivity (Wildman–Crippen MR) is 72.2 cm³/mol. The lowest BCUT2D eigenvalue weighted by atomic mass is 10.1. The lowest BCUT2D eigenvalue weighted by Crippen LogP contribution is -2.19. The number of halogens is 4. The minimum Gasteiger partial charge on any atom is -0.393 e. The van der Waals surface area contributed by atoms with E-state index in [0.29, 0.717) is 15.9 Å². The second-order valence-electron chi connectivity index (χ2n) is 4.17. The van der Waals surface area contributed by atoms with Gasteiger partial charge in [0.25, 0.3) is 0 Å². The molecule has 0 aliphatic rings. The molecule has 0 aliphatic heterocycles. The van der Waals surface area contributed by atoms with Crippen LogP contribution in [0.1, 0.15) is 6.55 Å². The van der Waals surface area contributed by atoms with Crippen molar-refractivity contribution in [2.75, 3.05) is 18.5 Å². The monoisotopic (exact) mass is 320 g/mol. The smallest absolute Gasteiger partial charge is 0.333 e. The van der Waals surface area contributed by atoms with Gasteiger partial charge in [-0.2, -0.15) is 13.9 Å². The van der Waals surface area contributed by atoms with Crippen LogP contribution in [0.2, 0.25) is 5.15 Å². The van der Waals surface area contributed by atoms with Gasteiger partial charge in [-0.3, -0.25) is 0 Å². The Labute approximate surface area is 123 Å². The lowest BCUT2D eigenvalue weighted by Gasteiger charge is -2.12. The van der Waals surface area contributed by atoms with Crippen molar-refractivity contribution >= 4 is 17.3 Å². The number of nitrogens with one attached hydrogen (secondary N) is 1. The number of nitrogens with zero attached hydrogens (tertiary/aromatic N) is 3. The van der Waals surface area contributed by atoms with Gasteiger partial charge in [-0.25, -0.2) is 14.1 Å². The van der Waals surface area contributed by atoms with Gasteiger partial charge in [0.2, 0.25) is 0 Å². The molecule has 2 aromatic rings. The summed E-state index contributed by atoms with van der Waals surface area (Å²) in [6.45, 7) is -3.53. The number of anilines is 1. The summed E-state index contributed by atoms with van der Waals surface area (Å²) in [6, 6.07) is 2.82. The minimum atomic E-state index is -2.75. The maximum atomic E-state index is 13.1. The molecule has 0 spiro atoms. The average molecular weight is 321 g/mol. The third-order valence-electron chi connectivity index (χ3n) is 2.67. The van der Waals surface area contributed by atoms with Gasteiger partial charge >= 0.3 is 6.55 Å². The molecule has 0 unspecified atom stereocenters. The summed E-state index contributed by atoms with van der Waals surface area (Å²) >= 11 is 5.77. The molecule has 0 fully saturated rings. The predicted octanol–water partition coefficient (Wildman–Crippen LogP) is 2.74. The largest absolute Gasteiger partial charge is 0.393 e. The van der Waals surface area contributed by atoms with E-state index in [0.717, 1.165) is 6.20 Å². The Morgan fingerprint density at radius 2 is 2.14 bits per heavy atom. The molecule has 2 aromatic heterocycles. The molecule has 114 valence electrons. The fourth-order valence-electron chi connectivity index (χ4n) is 1.66. The Morgan fingerprint density at radius 3 is 2.76 bits per heavy atom. The van der Waals surface area contributed by atoms with E-state index >= 15 is 0 Å². The maximum absolute atomic E-state index is 13.1. The van der Waals surface area contributed by atoms with Gasteiger partial charge in [0.1, 0.15) is 11.3 Å². The molecule has 5 nitrogen and oxygen atoms in total. The first-order valence-corrected chi connectivity index (χ1v) is 6.37. The second kappa shape index (κ2) is 6.77. The van der Waals surface area contributed by atoms with Gasteiger partial charge in [-0.15, -0.1) is 0 Å². The van der Waals surface area contributed by atoms with Crippen LogP contribution in [-0.4, -0.2) is 39.2 Å². The molecule has 2 rings (SSSR count). The second-order valence-corrected chi connectivity index (χ2v) is 4.56. The molecule has 0 saturated carbocycles. The molecule has 0 radical (unpaired) electrons. The molecular weight excluding hydrogens is 309 g/mol. The Balaban J connectivity index is 2.29. The molecule has 0 aliphatic carbocycles. The third kappa shape index (κ3) is 3.85. The fourth-order valence-corrected chi connectivity index (χ4v) is 1.81.